The molecule has 1 aromatic heterocycles. The first-order valence-corrected chi connectivity index (χ1v) is 15.3. The molecule has 1 saturated heterocycles. The monoisotopic (exact) mass is 585 g/mol. The summed E-state index contributed by atoms with van der Waals surface area (Å²) < 4.78 is 21.1. The smallest absolute Gasteiger partial charge is 0.278 e. The van der Waals surface area contributed by atoms with Crippen LogP contribution in [0.25, 0.3) is 0 Å². The summed E-state index contributed by atoms with van der Waals surface area (Å²) in [4.78, 5) is 28.4. The summed E-state index contributed by atoms with van der Waals surface area (Å²) in [6, 6.07) is 16.5. The lowest BCUT2D eigenvalue weighted by Gasteiger charge is -2.41. The molecular formula is C34H36FN3O3S. The maximum atomic E-state index is 13.8. The van der Waals surface area contributed by atoms with Crippen molar-refractivity contribution in [2.75, 3.05) is 12.0 Å². The molecule has 42 heavy (non-hydrogen) atoms. The zero-order valence-corrected chi connectivity index (χ0v) is 24.5. The molecular weight excluding hydrogens is 549 g/mol. The van der Waals surface area contributed by atoms with E-state index in [4.69, 9.17) is 4.74 Å². The molecule has 1 aliphatic carbocycles. The van der Waals surface area contributed by atoms with E-state index in [0.717, 1.165) is 61.0 Å². The topological polar surface area (TPSA) is 63.6 Å². The number of nitrogens with zero attached hydrogens (tertiary/aromatic N) is 2. The summed E-state index contributed by atoms with van der Waals surface area (Å²) in [6.45, 7) is 6.96. The van der Waals surface area contributed by atoms with Crippen molar-refractivity contribution < 1.29 is 13.9 Å². The molecule has 2 aromatic carbocycles. The van der Waals surface area contributed by atoms with Gasteiger partial charge in [0.2, 0.25) is 5.43 Å². The van der Waals surface area contributed by atoms with Crippen molar-refractivity contribution in [3.8, 4) is 5.75 Å². The van der Waals surface area contributed by atoms with Crippen LogP contribution in [-0.4, -0.2) is 28.2 Å². The number of ether oxygens (including phenoxy) is 1. The van der Waals surface area contributed by atoms with Crippen LogP contribution in [0.4, 0.5) is 4.39 Å². The Morgan fingerprint density at radius 2 is 1.88 bits per heavy atom. The number of rotatable bonds is 3. The lowest BCUT2D eigenvalue weighted by molar-refractivity contribution is 0.0566. The zero-order valence-electron chi connectivity index (χ0n) is 23.7. The minimum Gasteiger partial charge on any atom is -0.482 e. The molecule has 1 atom stereocenters. The van der Waals surface area contributed by atoms with E-state index in [9.17, 15) is 14.0 Å². The normalized spacial score (nSPS) is 18.4. The number of allylic oxidation sites excluding steroid dienone is 4. The molecule has 1 fully saturated rings. The first-order chi connectivity index (χ1) is 20.6. The van der Waals surface area contributed by atoms with Crippen LogP contribution in [0.1, 0.15) is 59.3 Å². The minimum absolute atomic E-state index is 0.0109. The number of amides is 1. The summed E-state index contributed by atoms with van der Waals surface area (Å²) in [5.74, 6) is 0.840. The van der Waals surface area contributed by atoms with Gasteiger partial charge in [0, 0.05) is 31.0 Å². The van der Waals surface area contributed by atoms with Crippen LogP contribution in [0.3, 0.4) is 0 Å². The van der Waals surface area contributed by atoms with E-state index >= 15 is 0 Å². The summed E-state index contributed by atoms with van der Waals surface area (Å²) >= 11 is 1.88. The van der Waals surface area contributed by atoms with E-state index in [1.165, 1.54) is 16.5 Å². The highest BCUT2D eigenvalue weighted by Gasteiger charge is 2.36. The lowest BCUT2D eigenvalue weighted by atomic mass is 9.96. The highest BCUT2D eigenvalue weighted by atomic mass is 32.2. The molecule has 0 bridgehead atoms. The largest absolute Gasteiger partial charge is 0.482 e. The first kappa shape index (κ1) is 29.5. The van der Waals surface area contributed by atoms with Gasteiger partial charge in [-0.1, -0.05) is 54.6 Å². The van der Waals surface area contributed by atoms with E-state index in [1.54, 1.807) is 21.8 Å². The van der Waals surface area contributed by atoms with Crippen molar-refractivity contribution in [3.05, 3.63) is 135 Å². The molecule has 1 amide bonds. The van der Waals surface area contributed by atoms with Gasteiger partial charge in [0.25, 0.3) is 5.91 Å². The predicted molar refractivity (Wildman–Crippen MR) is 168 cm³/mol. The standard InChI is InChI=1S/C18H19N3O3.C14H13FS.C2H4/c22-14-9-11-21-16(17(14)24-12-13-6-2-1-3-7-13)18(23)20-10-5-4-8-15(20)19-21;15-13-6-3-5-11-9-16-14-7-2-1-4-10(14)8-12(11)13;1-2/h1-3,6-7,9,11,15,19H,4-5,8,10,12H2;1,3-6H,2,7-9H2;1-2H2. The third kappa shape index (κ3) is 6.39. The number of thioether (sulfide) groups is 1. The lowest BCUT2D eigenvalue weighted by Crippen LogP contribution is -2.55. The summed E-state index contributed by atoms with van der Waals surface area (Å²) in [6.07, 6.45) is 12.0. The first-order valence-electron chi connectivity index (χ1n) is 14.4. The fraction of sp³-hybridized carbons (Fsp3) is 0.294. The number of aromatic nitrogens is 1. The van der Waals surface area contributed by atoms with Crippen LogP contribution in [0.2, 0.25) is 0 Å². The van der Waals surface area contributed by atoms with Crippen molar-refractivity contribution in [3.63, 3.8) is 0 Å². The summed E-state index contributed by atoms with van der Waals surface area (Å²) in [5.41, 5.74) is 7.64. The Labute approximate surface area is 250 Å². The van der Waals surface area contributed by atoms with Gasteiger partial charge in [0.1, 0.15) is 18.6 Å². The Morgan fingerprint density at radius 1 is 1.05 bits per heavy atom. The number of halogens is 1. The van der Waals surface area contributed by atoms with Crippen LogP contribution in [0.15, 0.2) is 101 Å². The zero-order chi connectivity index (χ0) is 29.5. The number of benzene rings is 2. The van der Waals surface area contributed by atoms with Gasteiger partial charge in [-0.25, -0.2) is 4.39 Å². The Kier molecular flexibility index (Phi) is 9.64. The van der Waals surface area contributed by atoms with Crippen molar-refractivity contribution >= 4 is 17.7 Å². The van der Waals surface area contributed by atoms with Crippen LogP contribution >= 0.6 is 11.8 Å². The number of piperidine rings is 1. The molecule has 1 N–H and O–H groups in total. The molecule has 218 valence electrons. The highest BCUT2D eigenvalue weighted by Crippen LogP contribution is 2.38. The maximum Gasteiger partial charge on any atom is 0.278 e. The Bertz CT molecular complexity index is 1550. The molecule has 0 saturated carbocycles. The molecule has 4 aliphatic rings. The highest BCUT2D eigenvalue weighted by molar-refractivity contribution is 8.02. The maximum absolute atomic E-state index is 13.8. The van der Waals surface area contributed by atoms with E-state index < -0.39 is 0 Å². The molecule has 7 rings (SSSR count). The third-order valence-corrected chi connectivity index (χ3v) is 9.01. The van der Waals surface area contributed by atoms with Crippen LogP contribution in [-0.2, 0) is 18.8 Å². The molecule has 6 nitrogen and oxygen atoms in total. The van der Waals surface area contributed by atoms with Gasteiger partial charge >= 0.3 is 0 Å². The summed E-state index contributed by atoms with van der Waals surface area (Å²) in [7, 11) is 0. The fourth-order valence-electron chi connectivity index (χ4n) is 5.61. The molecule has 1 unspecified atom stereocenters. The Morgan fingerprint density at radius 3 is 2.71 bits per heavy atom. The van der Waals surface area contributed by atoms with Crippen molar-refractivity contribution in [2.24, 2.45) is 0 Å². The van der Waals surface area contributed by atoms with Crippen LogP contribution < -0.4 is 15.6 Å². The molecule has 0 radical (unpaired) electrons. The van der Waals surface area contributed by atoms with Crippen molar-refractivity contribution in [1.82, 2.24) is 9.58 Å². The third-order valence-electron chi connectivity index (χ3n) is 7.74. The van der Waals surface area contributed by atoms with E-state index in [-0.39, 0.29) is 41.4 Å². The quantitative estimate of drug-likeness (QED) is 0.337. The van der Waals surface area contributed by atoms with Gasteiger partial charge in [0.15, 0.2) is 11.4 Å². The average Bonchev–Trinajstić information content (AvgIpc) is 3.23. The number of hydrogen-bond donors (Lipinski definition) is 1. The Balaban J connectivity index is 0.000000170. The second-order valence-electron chi connectivity index (χ2n) is 10.4. The van der Waals surface area contributed by atoms with Crippen molar-refractivity contribution in [2.45, 2.75) is 57.1 Å². The van der Waals surface area contributed by atoms with E-state index in [2.05, 4.69) is 30.7 Å². The molecule has 0 spiro atoms. The second kappa shape index (κ2) is 13.7. The molecule has 3 aliphatic heterocycles. The number of fused-ring (bicyclic) bond motifs is 3. The average molecular weight is 586 g/mol. The SMILES string of the molecule is C=C.Fc1cccc2c1CC1=C(CCC=C1)SC2.O=C1c2c(OCc3ccccc3)c(=O)ccn2NC2CCCCN12. The molecule has 4 heterocycles. The van der Waals surface area contributed by atoms with E-state index in [0.29, 0.717) is 6.54 Å². The van der Waals surface area contributed by atoms with Crippen LogP contribution in [0, 0.1) is 5.82 Å². The fourth-order valence-corrected chi connectivity index (χ4v) is 6.80. The molecule has 8 heteroatoms. The minimum atomic E-state index is -0.275. The van der Waals surface area contributed by atoms with E-state index in [1.807, 2.05) is 54.2 Å². The number of carbonyl (C=O) groups is 1. The van der Waals surface area contributed by atoms with Gasteiger partial charge in [0.05, 0.1) is 0 Å². The molecule has 3 aromatic rings. The van der Waals surface area contributed by atoms with Crippen LogP contribution in [0.5, 0.6) is 5.75 Å². The number of nitrogens with one attached hydrogen (secondary N) is 1. The van der Waals surface area contributed by atoms with Gasteiger partial charge in [-0.2, -0.15) is 0 Å². The van der Waals surface area contributed by atoms with Gasteiger partial charge in [-0.05, 0) is 65.3 Å². The van der Waals surface area contributed by atoms with Gasteiger partial charge in [-0.15, -0.1) is 24.9 Å². The van der Waals surface area contributed by atoms with Crippen molar-refractivity contribution in [1.29, 1.82) is 0 Å². The Hall–Kier alpha value is -4.04. The number of carbonyl (C=O) groups excluding carboxylic acids is 1. The van der Waals surface area contributed by atoms with Gasteiger partial charge in [-0.3, -0.25) is 14.3 Å². The number of pyridine rings is 1. The summed E-state index contributed by atoms with van der Waals surface area (Å²) in [5, 5.41) is 0. The number of hydrogen-bond acceptors (Lipinski definition) is 5. The second-order valence-corrected chi connectivity index (χ2v) is 11.4. The predicted octanol–water partition coefficient (Wildman–Crippen LogP) is 6.96. The van der Waals surface area contributed by atoms with Gasteiger partial charge < -0.3 is 15.1 Å².